The minimum Gasteiger partial charge on any atom is -1.00 e. The molecule has 2 aliphatic carbocycles. The van der Waals surface area contributed by atoms with E-state index in [1.807, 2.05) is 0 Å². The molecule has 0 saturated heterocycles. The largest absolute Gasteiger partial charge is 1.00 e. The van der Waals surface area contributed by atoms with Crippen LogP contribution in [0.25, 0.3) is 22.5 Å². The summed E-state index contributed by atoms with van der Waals surface area (Å²) in [5, 5.41) is 2.64. The van der Waals surface area contributed by atoms with Gasteiger partial charge in [0.25, 0.3) is 0 Å². The fourth-order valence-corrected chi connectivity index (χ4v) is 9.04. The Labute approximate surface area is 197 Å². The van der Waals surface area contributed by atoms with Crippen molar-refractivity contribution in [1.29, 1.82) is 0 Å². The molecule has 0 aliphatic heterocycles. The van der Waals surface area contributed by atoms with Gasteiger partial charge in [-0.3, -0.25) is 0 Å². The molecule has 1 atom stereocenters. The summed E-state index contributed by atoms with van der Waals surface area (Å²) in [5.74, 6) is 0. The molecule has 0 amide bonds. The summed E-state index contributed by atoms with van der Waals surface area (Å²) in [6, 6.07) is 17.7. The summed E-state index contributed by atoms with van der Waals surface area (Å²) < 4.78 is 4.77. The number of hydrogen-bond donors (Lipinski definition) is 0. The SMILES string of the molecule is CC1=C(C)C(C)=[C]([Zr+2][CH]2C(n3cc4ccccc4c3)=Cc3ccccc32)C1.[Cl-].[Cl-]. The Hall–Kier alpha value is -1.34. The first-order valence-corrected chi connectivity index (χ1v) is 12.3. The average molecular weight is 500 g/mol. The summed E-state index contributed by atoms with van der Waals surface area (Å²) in [4.78, 5) is 0. The molecule has 0 saturated carbocycles. The third-order valence-electron chi connectivity index (χ3n) is 6.17. The zero-order valence-electron chi connectivity index (χ0n) is 16.8. The predicted molar refractivity (Wildman–Crippen MR) is 111 cm³/mol. The fraction of sp³-hybridized carbons (Fsp3) is 0.200. The number of nitrogens with zero attached hydrogens (tertiary/aromatic N) is 1. The van der Waals surface area contributed by atoms with E-state index < -0.39 is 23.2 Å². The summed E-state index contributed by atoms with van der Waals surface area (Å²) in [6.07, 6.45) is 8.26. The fourth-order valence-electron chi connectivity index (χ4n) is 4.32. The molecule has 2 aromatic carbocycles. The molecule has 0 radical (unpaired) electrons. The Morgan fingerprint density at radius 1 is 0.828 bits per heavy atom. The van der Waals surface area contributed by atoms with Gasteiger partial charge in [0, 0.05) is 0 Å². The summed E-state index contributed by atoms with van der Waals surface area (Å²) >= 11 is -0.780. The van der Waals surface area contributed by atoms with Crippen LogP contribution in [-0.4, -0.2) is 4.57 Å². The zero-order chi connectivity index (χ0) is 18.5. The van der Waals surface area contributed by atoms with Crippen LogP contribution in [0.2, 0.25) is 0 Å². The number of fused-ring (bicyclic) bond motifs is 2. The summed E-state index contributed by atoms with van der Waals surface area (Å²) in [7, 11) is 0. The van der Waals surface area contributed by atoms with Crippen molar-refractivity contribution < 1.29 is 48.0 Å². The van der Waals surface area contributed by atoms with E-state index in [4.69, 9.17) is 0 Å². The van der Waals surface area contributed by atoms with Gasteiger partial charge in [0.1, 0.15) is 0 Å². The Bertz CT molecular complexity index is 1130. The van der Waals surface area contributed by atoms with E-state index >= 15 is 0 Å². The molecule has 2 aliphatic rings. The maximum Gasteiger partial charge on any atom is -1.00 e. The number of benzene rings is 2. The van der Waals surface area contributed by atoms with Gasteiger partial charge in [-0.25, -0.2) is 0 Å². The van der Waals surface area contributed by atoms with Crippen LogP contribution in [0.3, 0.4) is 0 Å². The van der Waals surface area contributed by atoms with Crippen molar-refractivity contribution in [3.05, 3.63) is 92.1 Å². The molecule has 1 nitrogen and oxygen atoms in total. The van der Waals surface area contributed by atoms with Crippen molar-refractivity contribution in [2.75, 3.05) is 0 Å². The minimum absolute atomic E-state index is 0. The van der Waals surface area contributed by atoms with Crippen molar-refractivity contribution in [2.45, 2.75) is 30.8 Å². The van der Waals surface area contributed by atoms with Gasteiger partial charge in [0.2, 0.25) is 0 Å². The Balaban J connectivity index is 0.00000120. The molecule has 5 rings (SSSR count). The van der Waals surface area contributed by atoms with Crippen LogP contribution in [0.5, 0.6) is 0 Å². The quantitative estimate of drug-likeness (QED) is 0.503. The molecule has 0 fully saturated rings. The average Bonchev–Trinajstić information content (AvgIpc) is 3.33. The molecular formula is C25H23Cl2NZr. The van der Waals surface area contributed by atoms with Gasteiger partial charge in [0.15, 0.2) is 0 Å². The Morgan fingerprint density at radius 2 is 1.45 bits per heavy atom. The van der Waals surface area contributed by atoms with Crippen LogP contribution in [0.4, 0.5) is 0 Å². The van der Waals surface area contributed by atoms with E-state index in [-0.39, 0.29) is 24.8 Å². The molecule has 1 unspecified atom stereocenters. The Kier molecular flexibility index (Phi) is 6.78. The van der Waals surface area contributed by atoms with Gasteiger partial charge in [-0.15, -0.1) is 0 Å². The first-order chi connectivity index (χ1) is 13.1. The third-order valence-corrected chi connectivity index (χ3v) is 10.6. The van der Waals surface area contributed by atoms with Crippen LogP contribution in [0.1, 0.15) is 41.9 Å². The van der Waals surface area contributed by atoms with Crippen LogP contribution in [-0.2, 0) is 23.2 Å². The second kappa shape index (κ2) is 8.80. The summed E-state index contributed by atoms with van der Waals surface area (Å²) in [5.41, 5.74) is 9.12. The number of aromatic nitrogens is 1. The first kappa shape index (κ1) is 22.4. The normalized spacial score (nSPS) is 17.6. The van der Waals surface area contributed by atoms with E-state index in [9.17, 15) is 0 Å². The molecule has 146 valence electrons. The van der Waals surface area contributed by atoms with Crippen molar-refractivity contribution in [2.24, 2.45) is 0 Å². The van der Waals surface area contributed by atoms with E-state index in [0.717, 1.165) is 0 Å². The van der Waals surface area contributed by atoms with Gasteiger partial charge in [0.05, 0.1) is 0 Å². The molecule has 3 aromatic rings. The van der Waals surface area contributed by atoms with Gasteiger partial charge < -0.3 is 24.8 Å². The molecule has 0 N–H and O–H groups in total. The number of hydrogen-bond acceptors (Lipinski definition) is 0. The van der Waals surface area contributed by atoms with Crippen LogP contribution in [0, 0.1) is 0 Å². The number of halogens is 2. The topological polar surface area (TPSA) is 4.93 Å². The standard InChI is InChI=1S/C17H12N.C8H11.2ClH.Zr/c1-2-6-14-10-17(9-13(14)5-1)18-11-15-7-3-4-8-16(15)12-18;1-6-4-5-7(2)8(6)3;;;/h1-12H;4H2,1-3H3;2*1H;/q;;;;+2/p-2. The van der Waals surface area contributed by atoms with Gasteiger partial charge in [-0.2, -0.15) is 0 Å². The predicted octanol–water partition coefficient (Wildman–Crippen LogP) is 0.799. The second-order valence-electron chi connectivity index (χ2n) is 7.76. The number of allylic oxidation sites excluding steroid dienone is 5. The molecule has 1 heterocycles. The maximum atomic E-state index is 2.43. The maximum absolute atomic E-state index is 2.43. The van der Waals surface area contributed by atoms with E-state index in [1.54, 1.807) is 20.0 Å². The van der Waals surface area contributed by atoms with Crippen LogP contribution in [0.15, 0.2) is 80.9 Å². The van der Waals surface area contributed by atoms with Gasteiger partial charge >= 0.3 is 173 Å². The van der Waals surface area contributed by atoms with Crippen LogP contribution >= 0.6 is 0 Å². The van der Waals surface area contributed by atoms with Crippen molar-refractivity contribution in [1.82, 2.24) is 4.57 Å². The van der Waals surface area contributed by atoms with Crippen molar-refractivity contribution in [3.8, 4) is 0 Å². The second-order valence-corrected chi connectivity index (χ2v) is 11.4. The molecular weight excluding hydrogens is 476 g/mol. The monoisotopic (exact) mass is 497 g/mol. The van der Waals surface area contributed by atoms with Crippen molar-refractivity contribution >= 4 is 22.5 Å². The molecule has 1 aromatic heterocycles. The Morgan fingerprint density at radius 3 is 2.07 bits per heavy atom. The zero-order valence-corrected chi connectivity index (χ0v) is 20.8. The minimum atomic E-state index is -0.780. The van der Waals surface area contributed by atoms with E-state index in [0.29, 0.717) is 3.63 Å². The first-order valence-electron chi connectivity index (χ1n) is 9.62. The third kappa shape index (κ3) is 3.88. The molecule has 4 heteroatoms. The van der Waals surface area contributed by atoms with E-state index in [2.05, 4.69) is 92.3 Å². The number of rotatable bonds is 3. The van der Waals surface area contributed by atoms with Crippen LogP contribution < -0.4 is 24.8 Å². The molecule has 0 bridgehead atoms. The summed E-state index contributed by atoms with van der Waals surface area (Å²) in [6.45, 7) is 6.95. The molecule has 29 heavy (non-hydrogen) atoms. The van der Waals surface area contributed by atoms with Gasteiger partial charge in [-0.1, -0.05) is 0 Å². The smallest absolute Gasteiger partial charge is 1.00 e. The molecule has 0 spiro atoms. The van der Waals surface area contributed by atoms with Gasteiger partial charge in [-0.05, 0) is 0 Å². The van der Waals surface area contributed by atoms with Crippen molar-refractivity contribution in [3.63, 3.8) is 0 Å². The van der Waals surface area contributed by atoms with E-state index in [1.165, 1.54) is 34.0 Å².